The fourth-order valence-electron chi connectivity index (χ4n) is 2.14. The fourth-order valence-corrected chi connectivity index (χ4v) is 2.14. The second-order valence-corrected chi connectivity index (χ2v) is 4.65. The fraction of sp³-hybridized carbons (Fsp3) is 0.750. The lowest BCUT2D eigenvalue weighted by Crippen LogP contribution is -2.34. The number of piperidine rings is 1. The normalized spacial score (nSPS) is 19.2. The predicted octanol–water partition coefficient (Wildman–Crippen LogP) is 4.66. The Hall–Kier alpha value is -0.560. The molecule has 0 aliphatic carbocycles. The summed E-state index contributed by atoms with van der Waals surface area (Å²) in [5, 5.41) is 0. The minimum Gasteiger partial charge on any atom is -0.299 e. The third-order valence-electron chi connectivity index (χ3n) is 3.13. The summed E-state index contributed by atoms with van der Waals surface area (Å²) < 4.78 is 0. The number of likely N-dealkylation sites (tertiary alicyclic amines) is 1. The summed E-state index contributed by atoms with van der Waals surface area (Å²) in [6, 6.07) is 0. The first kappa shape index (κ1) is 16.4. The molecule has 0 N–H and O–H groups in total. The Morgan fingerprint density at radius 2 is 1.82 bits per heavy atom. The monoisotopic (exact) mass is 237 g/mol. The summed E-state index contributed by atoms with van der Waals surface area (Å²) in [7, 11) is 0. The second kappa shape index (κ2) is 10.6. The zero-order chi connectivity index (χ0) is 13.1. The number of rotatable bonds is 4. The summed E-state index contributed by atoms with van der Waals surface area (Å²) in [5.41, 5.74) is 1.48. The molecule has 1 aliphatic rings. The lowest BCUT2D eigenvalue weighted by molar-refractivity contribution is 0.207. The van der Waals surface area contributed by atoms with Crippen LogP contribution in [-0.2, 0) is 0 Å². The summed E-state index contributed by atoms with van der Waals surface area (Å²) in [4.78, 5) is 2.58. The van der Waals surface area contributed by atoms with Crippen molar-refractivity contribution in [1.82, 2.24) is 4.90 Å². The van der Waals surface area contributed by atoms with Gasteiger partial charge in [-0.05, 0) is 50.8 Å². The highest BCUT2D eigenvalue weighted by atomic mass is 15.1. The predicted molar refractivity (Wildman–Crippen MR) is 79.4 cm³/mol. The van der Waals surface area contributed by atoms with E-state index in [-0.39, 0.29) is 0 Å². The van der Waals surface area contributed by atoms with Gasteiger partial charge < -0.3 is 0 Å². The van der Waals surface area contributed by atoms with Gasteiger partial charge in [0.15, 0.2) is 0 Å². The highest BCUT2D eigenvalue weighted by Crippen LogP contribution is 2.17. The standard InChI is InChI=1S/C14H25N.C2H6/c1-4-6-14(7-5-2)12-15-10-8-13(3)9-11-15;1-2/h4,6-7,13H,5,8-12H2,1-3H3;1-2H3/b6-4-,14-7+;. The topological polar surface area (TPSA) is 3.24 Å². The number of allylic oxidation sites excluding steroid dienone is 2. The molecule has 1 aliphatic heterocycles. The van der Waals surface area contributed by atoms with Gasteiger partial charge in [-0.3, -0.25) is 4.90 Å². The van der Waals surface area contributed by atoms with Crippen molar-refractivity contribution < 1.29 is 0 Å². The van der Waals surface area contributed by atoms with Gasteiger partial charge in [0.2, 0.25) is 0 Å². The van der Waals surface area contributed by atoms with Crippen molar-refractivity contribution in [3.8, 4) is 0 Å². The SMILES string of the molecule is C/C=C\C(=C/CC)CN1CCC(C)CC1.CC. The molecule has 0 bridgehead atoms. The van der Waals surface area contributed by atoms with E-state index in [9.17, 15) is 0 Å². The van der Waals surface area contributed by atoms with Crippen LogP contribution in [0.2, 0.25) is 0 Å². The molecule has 1 saturated heterocycles. The Morgan fingerprint density at radius 3 is 2.29 bits per heavy atom. The molecule has 100 valence electrons. The van der Waals surface area contributed by atoms with Gasteiger partial charge in [-0.15, -0.1) is 0 Å². The van der Waals surface area contributed by atoms with E-state index in [0.29, 0.717) is 0 Å². The smallest absolute Gasteiger partial charge is 0.0230 e. The van der Waals surface area contributed by atoms with Crippen LogP contribution in [-0.4, -0.2) is 24.5 Å². The first-order valence-electron chi connectivity index (χ1n) is 7.30. The molecule has 0 unspecified atom stereocenters. The molecule has 0 spiro atoms. The Morgan fingerprint density at radius 1 is 1.24 bits per heavy atom. The van der Waals surface area contributed by atoms with E-state index in [1.165, 1.54) is 31.5 Å². The molecule has 1 nitrogen and oxygen atoms in total. The van der Waals surface area contributed by atoms with Gasteiger partial charge >= 0.3 is 0 Å². The first-order valence-corrected chi connectivity index (χ1v) is 7.30. The maximum Gasteiger partial charge on any atom is 0.0230 e. The number of hydrogen-bond acceptors (Lipinski definition) is 1. The van der Waals surface area contributed by atoms with Crippen molar-refractivity contribution in [1.29, 1.82) is 0 Å². The largest absolute Gasteiger partial charge is 0.299 e. The quantitative estimate of drug-likeness (QED) is 0.643. The van der Waals surface area contributed by atoms with Gasteiger partial charge in [0.25, 0.3) is 0 Å². The molecule has 17 heavy (non-hydrogen) atoms. The van der Waals surface area contributed by atoms with E-state index >= 15 is 0 Å². The maximum absolute atomic E-state index is 2.58. The van der Waals surface area contributed by atoms with Crippen LogP contribution in [0.5, 0.6) is 0 Å². The van der Waals surface area contributed by atoms with Crippen LogP contribution >= 0.6 is 0 Å². The van der Waals surface area contributed by atoms with Gasteiger partial charge in [-0.25, -0.2) is 0 Å². The summed E-state index contributed by atoms with van der Waals surface area (Å²) in [6.45, 7) is 14.4. The summed E-state index contributed by atoms with van der Waals surface area (Å²) in [6.07, 6.45) is 10.6. The molecule has 0 aromatic carbocycles. The van der Waals surface area contributed by atoms with Gasteiger partial charge in [0.1, 0.15) is 0 Å². The van der Waals surface area contributed by atoms with E-state index < -0.39 is 0 Å². The van der Waals surface area contributed by atoms with Crippen LogP contribution in [0.4, 0.5) is 0 Å². The Labute approximate surface area is 109 Å². The van der Waals surface area contributed by atoms with Crippen molar-refractivity contribution in [2.24, 2.45) is 5.92 Å². The Kier molecular flexibility index (Phi) is 10.2. The van der Waals surface area contributed by atoms with Crippen LogP contribution < -0.4 is 0 Å². The molecular weight excluding hydrogens is 206 g/mol. The van der Waals surface area contributed by atoms with Crippen LogP contribution in [0, 0.1) is 5.92 Å². The zero-order valence-electron chi connectivity index (χ0n) is 12.5. The van der Waals surface area contributed by atoms with Gasteiger partial charge in [0, 0.05) is 6.54 Å². The zero-order valence-corrected chi connectivity index (χ0v) is 12.5. The minimum atomic E-state index is 0.932. The molecular formula is C16H31N. The van der Waals surface area contributed by atoms with E-state index in [1.54, 1.807) is 0 Å². The molecule has 0 saturated carbocycles. The van der Waals surface area contributed by atoms with Crippen LogP contribution in [0.3, 0.4) is 0 Å². The van der Waals surface area contributed by atoms with Crippen molar-refractivity contribution in [2.45, 2.75) is 53.9 Å². The van der Waals surface area contributed by atoms with Crippen molar-refractivity contribution in [3.63, 3.8) is 0 Å². The van der Waals surface area contributed by atoms with Crippen LogP contribution in [0.1, 0.15) is 53.9 Å². The van der Waals surface area contributed by atoms with Gasteiger partial charge in [-0.1, -0.05) is 45.9 Å². The molecule has 0 atom stereocenters. The van der Waals surface area contributed by atoms with E-state index in [1.807, 2.05) is 13.8 Å². The third-order valence-corrected chi connectivity index (χ3v) is 3.13. The highest BCUT2D eigenvalue weighted by Gasteiger charge is 2.15. The average molecular weight is 237 g/mol. The molecule has 1 rings (SSSR count). The van der Waals surface area contributed by atoms with Crippen molar-refractivity contribution >= 4 is 0 Å². The Balaban J connectivity index is 0.00000121. The summed E-state index contributed by atoms with van der Waals surface area (Å²) in [5.74, 6) is 0.932. The lowest BCUT2D eigenvalue weighted by Gasteiger charge is -2.30. The first-order chi connectivity index (χ1) is 8.26. The number of hydrogen-bond donors (Lipinski definition) is 0. The second-order valence-electron chi connectivity index (χ2n) is 4.65. The highest BCUT2D eigenvalue weighted by molar-refractivity contribution is 5.19. The molecule has 0 radical (unpaired) electrons. The molecule has 1 heterocycles. The molecule has 1 heteroatoms. The van der Waals surface area contributed by atoms with Crippen molar-refractivity contribution in [2.75, 3.05) is 19.6 Å². The Bertz CT molecular complexity index is 220. The molecule has 0 aromatic rings. The number of nitrogens with zero attached hydrogens (tertiary/aromatic N) is 1. The van der Waals surface area contributed by atoms with Gasteiger partial charge in [-0.2, -0.15) is 0 Å². The lowest BCUT2D eigenvalue weighted by atomic mass is 9.99. The van der Waals surface area contributed by atoms with E-state index in [4.69, 9.17) is 0 Å². The molecule has 1 fully saturated rings. The summed E-state index contributed by atoms with van der Waals surface area (Å²) >= 11 is 0. The minimum absolute atomic E-state index is 0.932. The van der Waals surface area contributed by atoms with E-state index in [0.717, 1.165) is 18.9 Å². The van der Waals surface area contributed by atoms with Crippen LogP contribution in [0.15, 0.2) is 23.8 Å². The average Bonchev–Trinajstić information content (AvgIpc) is 2.35. The van der Waals surface area contributed by atoms with E-state index in [2.05, 4.69) is 43.9 Å². The maximum atomic E-state index is 2.58. The van der Waals surface area contributed by atoms with Crippen molar-refractivity contribution in [3.05, 3.63) is 23.8 Å². The third kappa shape index (κ3) is 7.38. The van der Waals surface area contributed by atoms with Crippen LogP contribution in [0.25, 0.3) is 0 Å². The molecule has 0 amide bonds. The molecule has 0 aromatic heterocycles. The van der Waals surface area contributed by atoms with Gasteiger partial charge in [0.05, 0.1) is 0 Å².